The van der Waals surface area contributed by atoms with Gasteiger partial charge in [-0.25, -0.2) is 4.79 Å². The maximum atomic E-state index is 12.4. The largest absolute Gasteiger partial charge is 0.477 e. The Hall–Kier alpha value is -2.63. The van der Waals surface area contributed by atoms with Gasteiger partial charge in [-0.3, -0.25) is 9.80 Å². The van der Waals surface area contributed by atoms with Crippen molar-refractivity contribution in [2.45, 2.75) is 58.2 Å². The Morgan fingerprint density at radius 2 is 1.84 bits per heavy atom. The van der Waals surface area contributed by atoms with Crippen molar-refractivity contribution < 1.29 is 9.15 Å². The number of aryl methyl sites for hydroxylation is 2. The van der Waals surface area contributed by atoms with E-state index in [9.17, 15) is 4.79 Å². The van der Waals surface area contributed by atoms with Gasteiger partial charge in [0.25, 0.3) is 0 Å². The fourth-order valence-electron chi connectivity index (χ4n) is 5.88. The quantitative estimate of drug-likeness (QED) is 0.576. The summed E-state index contributed by atoms with van der Waals surface area (Å²) in [6.07, 6.45) is 5.19. The average Bonchev–Trinajstić information content (AvgIpc) is 3.32. The van der Waals surface area contributed by atoms with E-state index in [1.807, 2.05) is 6.92 Å². The first kappa shape index (κ1) is 20.0. The summed E-state index contributed by atoms with van der Waals surface area (Å²) in [4.78, 5) is 17.5. The van der Waals surface area contributed by atoms with E-state index in [-0.39, 0.29) is 5.63 Å². The summed E-state index contributed by atoms with van der Waals surface area (Å²) in [5.74, 6) is 0.913. The molecule has 1 aliphatic carbocycles. The second-order valence-corrected chi connectivity index (χ2v) is 9.58. The predicted molar refractivity (Wildman–Crippen MR) is 125 cm³/mol. The molecule has 0 atom stereocenters. The lowest BCUT2D eigenvalue weighted by molar-refractivity contribution is 0.0239. The van der Waals surface area contributed by atoms with Crippen LogP contribution in [0.5, 0.6) is 5.75 Å². The molecule has 5 nitrogen and oxygen atoms in total. The summed E-state index contributed by atoms with van der Waals surface area (Å²) < 4.78 is 12.0. The van der Waals surface area contributed by atoms with Gasteiger partial charge in [0.05, 0.1) is 0 Å². The highest BCUT2D eigenvalue weighted by molar-refractivity contribution is 5.87. The van der Waals surface area contributed by atoms with Gasteiger partial charge in [-0.05, 0) is 69.3 Å². The van der Waals surface area contributed by atoms with Gasteiger partial charge in [-0.1, -0.05) is 30.3 Å². The molecule has 0 bridgehead atoms. The third kappa shape index (κ3) is 3.44. The highest BCUT2D eigenvalue weighted by Crippen LogP contribution is 2.39. The number of hydrogen-bond donors (Lipinski definition) is 0. The van der Waals surface area contributed by atoms with Crippen LogP contribution in [0.1, 0.15) is 47.1 Å². The molecule has 6 rings (SSSR count). The lowest BCUT2D eigenvalue weighted by Crippen LogP contribution is -2.47. The zero-order valence-electron chi connectivity index (χ0n) is 18.7. The van der Waals surface area contributed by atoms with Crippen molar-refractivity contribution in [2.24, 2.45) is 0 Å². The second-order valence-electron chi connectivity index (χ2n) is 9.58. The van der Waals surface area contributed by atoms with Crippen molar-refractivity contribution in [3.63, 3.8) is 0 Å². The van der Waals surface area contributed by atoms with Crippen molar-refractivity contribution >= 4 is 11.0 Å². The Labute approximate surface area is 188 Å². The van der Waals surface area contributed by atoms with Crippen molar-refractivity contribution in [1.82, 2.24) is 9.80 Å². The maximum absolute atomic E-state index is 12.4. The van der Waals surface area contributed by atoms with E-state index < -0.39 is 0 Å². The number of hydrogen-bond acceptors (Lipinski definition) is 5. The second kappa shape index (κ2) is 8.05. The normalized spacial score (nSPS) is 19.7. The molecule has 3 aromatic rings. The van der Waals surface area contributed by atoms with Crippen LogP contribution in [0.4, 0.5) is 0 Å². The van der Waals surface area contributed by atoms with Crippen LogP contribution in [0.2, 0.25) is 0 Å². The van der Waals surface area contributed by atoms with E-state index in [4.69, 9.17) is 9.15 Å². The number of benzene rings is 2. The lowest BCUT2D eigenvalue weighted by Gasteiger charge is -2.40. The Kier molecular flexibility index (Phi) is 5.04. The van der Waals surface area contributed by atoms with Gasteiger partial charge in [0.1, 0.15) is 18.1 Å². The number of nitrogens with zero attached hydrogens (tertiary/aromatic N) is 2. The van der Waals surface area contributed by atoms with Crippen molar-refractivity contribution in [1.29, 1.82) is 0 Å². The summed E-state index contributed by atoms with van der Waals surface area (Å²) in [5.41, 5.74) is 6.25. The molecule has 1 aromatic heterocycles. The van der Waals surface area contributed by atoms with E-state index in [2.05, 4.69) is 46.2 Å². The van der Waals surface area contributed by atoms with Crippen LogP contribution in [0.3, 0.4) is 0 Å². The molecule has 0 saturated carbocycles. The summed E-state index contributed by atoms with van der Waals surface area (Å²) in [6.45, 7) is 6.83. The Morgan fingerprint density at radius 1 is 1.06 bits per heavy atom. The number of piperidine rings is 1. The van der Waals surface area contributed by atoms with Crippen LogP contribution in [-0.2, 0) is 25.9 Å². The van der Waals surface area contributed by atoms with Crippen LogP contribution in [0, 0.1) is 6.92 Å². The summed E-state index contributed by atoms with van der Waals surface area (Å²) >= 11 is 0. The fourth-order valence-corrected chi connectivity index (χ4v) is 5.88. The molecule has 166 valence electrons. The van der Waals surface area contributed by atoms with E-state index in [1.54, 1.807) is 0 Å². The minimum absolute atomic E-state index is 0.159. The standard InChI is InChI=1S/C27H30N2O3/c1-18-25-20(14-24-22-8-5-9-23(22)27(30)32-26(18)24)16-29(17-31-25)21-10-12-28(13-11-21)15-19-6-3-2-4-7-19/h2-4,6-7,14,21H,5,8-13,15-17H2,1H3. The summed E-state index contributed by atoms with van der Waals surface area (Å²) in [5, 5.41) is 1.12. The molecule has 1 fully saturated rings. The van der Waals surface area contributed by atoms with Crippen LogP contribution in [0.25, 0.3) is 11.0 Å². The third-order valence-corrected chi connectivity index (χ3v) is 7.59. The molecule has 0 N–H and O–H groups in total. The van der Waals surface area contributed by atoms with Crippen molar-refractivity contribution in [3.05, 3.63) is 74.6 Å². The molecule has 3 heterocycles. The van der Waals surface area contributed by atoms with Crippen molar-refractivity contribution in [2.75, 3.05) is 19.8 Å². The van der Waals surface area contributed by atoms with Gasteiger partial charge in [0, 0.05) is 41.2 Å². The Balaban J connectivity index is 1.20. The highest BCUT2D eigenvalue weighted by atomic mass is 16.5. The fraction of sp³-hybridized carbons (Fsp3) is 0.444. The monoisotopic (exact) mass is 430 g/mol. The maximum Gasteiger partial charge on any atom is 0.339 e. The predicted octanol–water partition coefficient (Wildman–Crippen LogP) is 4.41. The molecular formula is C27H30N2O3. The van der Waals surface area contributed by atoms with Crippen LogP contribution in [0.15, 0.2) is 45.6 Å². The average molecular weight is 431 g/mol. The SMILES string of the molecule is Cc1c2c(cc3c4c(c(=O)oc13)CCC4)CN(C1CCN(Cc3ccccc3)CC1)CO2. The zero-order valence-corrected chi connectivity index (χ0v) is 18.7. The molecule has 0 amide bonds. The first-order valence-corrected chi connectivity index (χ1v) is 11.9. The molecule has 2 aliphatic heterocycles. The number of likely N-dealkylation sites (tertiary alicyclic amines) is 1. The van der Waals surface area contributed by atoms with E-state index in [0.717, 1.165) is 73.3 Å². The number of fused-ring (bicyclic) bond motifs is 4. The number of ether oxygens (including phenoxy) is 1. The third-order valence-electron chi connectivity index (χ3n) is 7.59. The van der Waals surface area contributed by atoms with Gasteiger partial charge in [-0.15, -0.1) is 0 Å². The molecule has 5 heteroatoms. The Morgan fingerprint density at radius 3 is 2.66 bits per heavy atom. The van der Waals surface area contributed by atoms with Crippen LogP contribution >= 0.6 is 0 Å². The molecule has 1 saturated heterocycles. The lowest BCUT2D eigenvalue weighted by atomic mass is 9.97. The van der Waals surface area contributed by atoms with Gasteiger partial charge in [0.2, 0.25) is 0 Å². The van der Waals surface area contributed by atoms with Gasteiger partial charge in [-0.2, -0.15) is 0 Å². The first-order chi connectivity index (χ1) is 15.7. The Bertz CT molecular complexity index is 1210. The topological polar surface area (TPSA) is 45.9 Å². The van der Waals surface area contributed by atoms with Crippen LogP contribution in [-0.4, -0.2) is 35.7 Å². The molecule has 32 heavy (non-hydrogen) atoms. The van der Waals surface area contributed by atoms with Gasteiger partial charge >= 0.3 is 5.63 Å². The molecule has 3 aliphatic rings. The smallest absolute Gasteiger partial charge is 0.339 e. The van der Waals surface area contributed by atoms with Gasteiger partial charge < -0.3 is 9.15 Å². The molecular weight excluding hydrogens is 400 g/mol. The van der Waals surface area contributed by atoms with E-state index in [0.29, 0.717) is 12.8 Å². The van der Waals surface area contributed by atoms with Gasteiger partial charge in [0.15, 0.2) is 0 Å². The molecule has 2 aromatic carbocycles. The van der Waals surface area contributed by atoms with E-state index in [1.165, 1.54) is 29.5 Å². The summed E-state index contributed by atoms with van der Waals surface area (Å²) in [6, 6.07) is 13.5. The van der Waals surface area contributed by atoms with E-state index >= 15 is 0 Å². The molecule has 0 unspecified atom stereocenters. The van der Waals surface area contributed by atoms with Crippen molar-refractivity contribution in [3.8, 4) is 5.75 Å². The minimum Gasteiger partial charge on any atom is -0.477 e. The molecule has 0 radical (unpaired) electrons. The molecule has 0 spiro atoms. The zero-order chi connectivity index (χ0) is 21.7. The number of rotatable bonds is 3. The van der Waals surface area contributed by atoms with Crippen LogP contribution < -0.4 is 10.4 Å². The first-order valence-electron chi connectivity index (χ1n) is 11.9. The highest BCUT2D eigenvalue weighted by Gasteiger charge is 2.31. The minimum atomic E-state index is -0.159. The summed E-state index contributed by atoms with van der Waals surface area (Å²) in [7, 11) is 0.